The minimum absolute atomic E-state index is 0.0340. The number of H-pyrrole nitrogens is 1. The SMILES string of the molecule is COC(=O)c1c(C)[nH]c(C(=O)C(C)N2CCCN(Cc3ccccc3F)CC2)c1C. The molecule has 1 atom stereocenters. The Labute approximate surface area is 177 Å². The number of hydrogen-bond donors (Lipinski definition) is 1. The fraction of sp³-hybridized carbons (Fsp3) is 0.478. The first-order chi connectivity index (χ1) is 14.3. The third kappa shape index (κ3) is 4.63. The Kier molecular flexibility index (Phi) is 7.05. The van der Waals surface area contributed by atoms with Crippen LogP contribution in [0.25, 0.3) is 0 Å². The Morgan fingerprint density at radius 2 is 1.90 bits per heavy atom. The minimum Gasteiger partial charge on any atom is -0.465 e. The molecule has 162 valence electrons. The van der Waals surface area contributed by atoms with Crippen molar-refractivity contribution in [2.75, 3.05) is 33.3 Å². The van der Waals surface area contributed by atoms with Crippen molar-refractivity contribution in [3.8, 4) is 0 Å². The van der Waals surface area contributed by atoms with E-state index in [2.05, 4.69) is 14.8 Å². The highest BCUT2D eigenvalue weighted by molar-refractivity contribution is 6.03. The molecule has 6 nitrogen and oxygen atoms in total. The van der Waals surface area contributed by atoms with E-state index in [0.29, 0.717) is 34.6 Å². The van der Waals surface area contributed by atoms with Crippen LogP contribution in [0.5, 0.6) is 0 Å². The monoisotopic (exact) mass is 415 g/mol. The van der Waals surface area contributed by atoms with Crippen LogP contribution in [0.4, 0.5) is 4.39 Å². The molecule has 1 saturated heterocycles. The van der Waals surface area contributed by atoms with Gasteiger partial charge in [0.2, 0.25) is 0 Å². The molecule has 3 rings (SSSR count). The zero-order valence-electron chi connectivity index (χ0n) is 18.1. The number of Topliss-reactive ketones (excluding diaryl/α,β-unsaturated/α-hetero) is 1. The number of methoxy groups -OCH3 is 1. The normalized spacial score (nSPS) is 16.8. The summed E-state index contributed by atoms with van der Waals surface area (Å²) in [5.41, 5.74) is 2.87. The van der Waals surface area contributed by atoms with E-state index in [4.69, 9.17) is 4.74 Å². The zero-order chi connectivity index (χ0) is 21.8. The standard InChI is InChI=1S/C23H30FN3O3/c1-15-20(23(29)30-4)16(2)25-21(15)22(28)17(3)27-11-7-10-26(12-13-27)14-18-8-5-6-9-19(18)24/h5-6,8-9,17,25H,7,10-14H2,1-4H3. The van der Waals surface area contributed by atoms with E-state index in [0.717, 1.165) is 32.6 Å². The first-order valence-electron chi connectivity index (χ1n) is 10.3. The van der Waals surface area contributed by atoms with Gasteiger partial charge in [-0.25, -0.2) is 9.18 Å². The Bertz CT molecular complexity index is 924. The lowest BCUT2D eigenvalue weighted by atomic mass is 10.0. The number of benzene rings is 1. The number of hydrogen-bond acceptors (Lipinski definition) is 5. The molecule has 1 aliphatic rings. The van der Waals surface area contributed by atoms with Crippen LogP contribution < -0.4 is 0 Å². The quantitative estimate of drug-likeness (QED) is 0.579. The number of nitrogens with one attached hydrogen (secondary N) is 1. The largest absolute Gasteiger partial charge is 0.465 e. The maximum absolute atomic E-state index is 14.0. The second-order valence-corrected chi connectivity index (χ2v) is 7.91. The van der Waals surface area contributed by atoms with Gasteiger partial charge in [-0.2, -0.15) is 0 Å². The Hall–Kier alpha value is -2.51. The van der Waals surface area contributed by atoms with Crippen molar-refractivity contribution in [3.05, 3.63) is 58.2 Å². The van der Waals surface area contributed by atoms with E-state index in [1.54, 1.807) is 19.9 Å². The molecule has 1 fully saturated rings. The Balaban J connectivity index is 1.67. The number of nitrogens with zero attached hydrogens (tertiary/aromatic N) is 2. The number of aryl methyl sites for hydroxylation is 1. The summed E-state index contributed by atoms with van der Waals surface area (Å²) >= 11 is 0. The zero-order valence-corrected chi connectivity index (χ0v) is 18.1. The van der Waals surface area contributed by atoms with E-state index in [1.807, 2.05) is 19.1 Å². The molecule has 1 unspecified atom stereocenters. The van der Waals surface area contributed by atoms with Gasteiger partial charge in [0.1, 0.15) is 5.82 Å². The van der Waals surface area contributed by atoms with Crippen LogP contribution in [0, 0.1) is 19.7 Å². The summed E-state index contributed by atoms with van der Waals surface area (Å²) in [6.07, 6.45) is 0.905. The molecule has 2 heterocycles. The molecule has 0 spiro atoms. The summed E-state index contributed by atoms with van der Waals surface area (Å²) in [5, 5.41) is 0. The fourth-order valence-electron chi connectivity index (χ4n) is 4.18. The van der Waals surface area contributed by atoms with E-state index in [1.165, 1.54) is 13.2 Å². The third-order valence-electron chi connectivity index (χ3n) is 5.98. The summed E-state index contributed by atoms with van der Waals surface area (Å²) < 4.78 is 18.8. The van der Waals surface area contributed by atoms with Crippen LogP contribution in [0.1, 0.15) is 51.0 Å². The van der Waals surface area contributed by atoms with Gasteiger partial charge in [0.15, 0.2) is 5.78 Å². The van der Waals surface area contributed by atoms with E-state index in [9.17, 15) is 14.0 Å². The average molecular weight is 416 g/mol. The molecule has 1 aliphatic heterocycles. The molecule has 30 heavy (non-hydrogen) atoms. The molecular weight excluding hydrogens is 385 g/mol. The van der Waals surface area contributed by atoms with Gasteiger partial charge in [-0.05, 0) is 45.4 Å². The highest BCUT2D eigenvalue weighted by atomic mass is 19.1. The highest BCUT2D eigenvalue weighted by Crippen LogP contribution is 2.22. The molecule has 0 amide bonds. The van der Waals surface area contributed by atoms with Crippen LogP contribution in [0.15, 0.2) is 24.3 Å². The van der Waals surface area contributed by atoms with Crippen molar-refractivity contribution in [3.63, 3.8) is 0 Å². The third-order valence-corrected chi connectivity index (χ3v) is 5.98. The number of carbonyl (C=O) groups is 2. The van der Waals surface area contributed by atoms with Gasteiger partial charge >= 0.3 is 5.97 Å². The fourth-order valence-corrected chi connectivity index (χ4v) is 4.18. The number of aromatic nitrogens is 1. The van der Waals surface area contributed by atoms with Gasteiger partial charge in [-0.15, -0.1) is 0 Å². The van der Waals surface area contributed by atoms with E-state index in [-0.39, 0.29) is 17.6 Å². The summed E-state index contributed by atoms with van der Waals surface area (Å²) in [6.45, 7) is 9.16. The predicted octanol–water partition coefficient (Wildman–Crippen LogP) is 3.34. The van der Waals surface area contributed by atoms with Crippen molar-refractivity contribution in [2.24, 2.45) is 0 Å². The van der Waals surface area contributed by atoms with Crippen LogP contribution in [0.2, 0.25) is 0 Å². The molecule has 0 saturated carbocycles. The minimum atomic E-state index is -0.438. The van der Waals surface area contributed by atoms with Gasteiger partial charge in [0.25, 0.3) is 0 Å². The molecule has 2 aromatic rings. The first-order valence-corrected chi connectivity index (χ1v) is 10.3. The second kappa shape index (κ2) is 9.53. The number of halogens is 1. The number of aromatic amines is 1. The molecule has 1 aromatic heterocycles. The predicted molar refractivity (Wildman–Crippen MR) is 113 cm³/mol. The van der Waals surface area contributed by atoms with Crippen molar-refractivity contribution >= 4 is 11.8 Å². The van der Waals surface area contributed by atoms with Crippen molar-refractivity contribution in [1.29, 1.82) is 0 Å². The smallest absolute Gasteiger partial charge is 0.339 e. The van der Waals surface area contributed by atoms with Gasteiger partial charge in [0, 0.05) is 37.4 Å². The first kappa shape index (κ1) is 22.2. The van der Waals surface area contributed by atoms with Crippen molar-refractivity contribution < 1.29 is 18.7 Å². The topological polar surface area (TPSA) is 65.6 Å². The summed E-state index contributed by atoms with van der Waals surface area (Å²) in [7, 11) is 1.34. The van der Waals surface area contributed by atoms with Crippen LogP contribution in [-0.4, -0.2) is 65.9 Å². The molecule has 0 radical (unpaired) electrons. The number of carbonyl (C=O) groups excluding carboxylic acids is 2. The highest BCUT2D eigenvalue weighted by Gasteiger charge is 2.29. The number of esters is 1. The molecule has 7 heteroatoms. The van der Waals surface area contributed by atoms with Gasteiger partial charge < -0.3 is 9.72 Å². The lowest BCUT2D eigenvalue weighted by Gasteiger charge is -2.27. The molecule has 1 aromatic carbocycles. The van der Waals surface area contributed by atoms with Crippen LogP contribution in [-0.2, 0) is 11.3 Å². The van der Waals surface area contributed by atoms with Crippen molar-refractivity contribution in [2.45, 2.75) is 39.8 Å². The molecule has 1 N–H and O–H groups in total. The number of ether oxygens (including phenoxy) is 1. The molecule has 0 bridgehead atoms. The molecule has 0 aliphatic carbocycles. The van der Waals surface area contributed by atoms with Gasteiger partial charge in [0.05, 0.1) is 24.4 Å². The van der Waals surface area contributed by atoms with Gasteiger partial charge in [-0.3, -0.25) is 14.6 Å². The van der Waals surface area contributed by atoms with Gasteiger partial charge in [-0.1, -0.05) is 18.2 Å². The van der Waals surface area contributed by atoms with Crippen molar-refractivity contribution in [1.82, 2.24) is 14.8 Å². The lowest BCUT2D eigenvalue weighted by molar-refractivity contribution is 0.0599. The van der Waals surface area contributed by atoms with E-state index < -0.39 is 5.97 Å². The second-order valence-electron chi connectivity index (χ2n) is 7.91. The summed E-state index contributed by atoms with van der Waals surface area (Å²) in [6, 6.07) is 6.54. The maximum Gasteiger partial charge on any atom is 0.339 e. The maximum atomic E-state index is 14.0. The molecular formula is C23H30FN3O3. The van der Waals surface area contributed by atoms with E-state index >= 15 is 0 Å². The van der Waals surface area contributed by atoms with Crippen LogP contribution in [0.3, 0.4) is 0 Å². The number of rotatable bonds is 6. The Morgan fingerprint density at radius 3 is 2.60 bits per heavy atom. The lowest BCUT2D eigenvalue weighted by Crippen LogP contribution is -2.41. The Morgan fingerprint density at radius 1 is 1.17 bits per heavy atom. The average Bonchev–Trinajstić information content (AvgIpc) is 2.89. The summed E-state index contributed by atoms with van der Waals surface area (Å²) in [4.78, 5) is 32.7. The number of ketones is 1. The van der Waals surface area contributed by atoms with Crippen LogP contribution >= 0.6 is 0 Å². The summed E-state index contributed by atoms with van der Waals surface area (Å²) in [5.74, 6) is -0.652.